The summed E-state index contributed by atoms with van der Waals surface area (Å²) in [5, 5.41) is 8.14. The van der Waals surface area contributed by atoms with Gasteiger partial charge in [-0.25, -0.2) is 4.79 Å². The Kier molecular flexibility index (Phi) is 8.05. The molecule has 1 aromatic carbocycles. The number of hydrogen-bond donors (Lipinski definition) is 3. The van der Waals surface area contributed by atoms with Crippen molar-refractivity contribution >= 4 is 29.2 Å². The molecule has 2 fully saturated rings. The lowest BCUT2D eigenvalue weighted by Gasteiger charge is -2.32. The van der Waals surface area contributed by atoms with Crippen molar-refractivity contribution in [3.8, 4) is 0 Å². The van der Waals surface area contributed by atoms with Crippen molar-refractivity contribution in [1.82, 2.24) is 15.5 Å². The van der Waals surface area contributed by atoms with Crippen molar-refractivity contribution in [2.24, 2.45) is 0 Å². The number of anilines is 1. The molecule has 1 heterocycles. The Balaban J connectivity index is 1.40. The standard InChI is InChI=1S/C21H28ClF3N4O2/c22-18-7-6-16(12-17(18)21(23,24)25)26-19(30)13-29-10-8-15(9-11-29)28-20(31)27-14-4-2-1-3-5-14/h6-7,12,14-15H,1-5,8-11,13H2,(H,26,30)(H2,27,28,31). The number of alkyl halides is 3. The Labute approximate surface area is 184 Å². The summed E-state index contributed by atoms with van der Waals surface area (Å²) >= 11 is 5.60. The van der Waals surface area contributed by atoms with Gasteiger partial charge in [0, 0.05) is 30.9 Å². The molecule has 1 aromatic rings. The van der Waals surface area contributed by atoms with Gasteiger partial charge in [0.1, 0.15) is 0 Å². The minimum atomic E-state index is -4.59. The summed E-state index contributed by atoms with van der Waals surface area (Å²) in [7, 11) is 0. The lowest BCUT2D eigenvalue weighted by Crippen LogP contribution is -2.51. The summed E-state index contributed by atoms with van der Waals surface area (Å²) in [5.74, 6) is -0.392. The summed E-state index contributed by atoms with van der Waals surface area (Å²) in [4.78, 5) is 26.4. The summed E-state index contributed by atoms with van der Waals surface area (Å²) in [6.07, 6.45) is 2.42. The van der Waals surface area contributed by atoms with E-state index in [0.29, 0.717) is 25.9 Å². The number of hydrogen-bond acceptors (Lipinski definition) is 3. The number of nitrogens with one attached hydrogen (secondary N) is 3. The van der Waals surface area contributed by atoms with E-state index in [9.17, 15) is 22.8 Å². The van der Waals surface area contributed by atoms with Gasteiger partial charge in [-0.15, -0.1) is 0 Å². The molecule has 10 heteroatoms. The van der Waals surface area contributed by atoms with Crippen LogP contribution in [-0.2, 0) is 11.0 Å². The van der Waals surface area contributed by atoms with Gasteiger partial charge < -0.3 is 16.0 Å². The molecule has 3 amide bonds. The van der Waals surface area contributed by atoms with Gasteiger partial charge in [-0.2, -0.15) is 13.2 Å². The number of carbonyl (C=O) groups is 2. The van der Waals surface area contributed by atoms with E-state index < -0.39 is 22.7 Å². The van der Waals surface area contributed by atoms with E-state index in [1.165, 1.54) is 12.5 Å². The number of rotatable bonds is 5. The molecule has 2 aliphatic rings. The number of amides is 3. The lowest BCUT2D eigenvalue weighted by molar-refractivity contribution is -0.137. The van der Waals surface area contributed by atoms with Gasteiger partial charge in [0.15, 0.2) is 0 Å². The molecule has 3 N–H and O–H groups in total. The van der Waals surface area contributed by atoms with Crippen LogP contribution in [0, 0.1) is 0 Å². The highest BCUT2D eigenvalue weighted by Crippen LogP contribution is 2.36. The van der Waals surface area contributed by atoms with E-state index in [2.05, 4.69) is 16.0 Å². The molecular weight excluding hydrogens is 433 g/mol. The van der Waals surface area contributed by atoms with Gasteiger partial charge >= 0.3 is 12.2 Å². The van der Waals surface area contributed by atoms with Crippen LogP contribution in [0.1, 0.15) is 50.5 Å². The fraction of sp³-hybridized carbons (Fsp3) is 0.619. The van der Waals surface area contributed by atoms with E-state index in [1.807, 2.05) is 4.90 Å². The van der Waals surface area contributed by atoms with E-state index in [4.69, 9.17) is 11.6 Å². The largest absolute Gasteiger partial charge is 0.417 e. The second-order valence-corrected chi connectivity index (χ2v) is 8.65. The van der Waals surface area contributed by atoms with Crippen molar-refractivity contribution in [2.45, 2.75) is 63.2 Å². The predicted molar refractivity (Wildman–Crippen MR) is 113 cm³/mol. The third-order valence-corrected chi connectivity index (χ3v) is 6.12. The number of piperidine rings is 1. The molecule has 1 aliphatic carbocycles. The van der Waals surface area contributed by atoms with Gasteiger partial charge in [0.05, 0.1) is 17.1 Å². The van der Waals surface area contributed by atoms with Gasteiger partial charge in [-0.3, -0.25) is 9.69 Å². The van der Waals surface area contributed by atoms with E-state index >= 15 is 0 Å². The van der Waals surface area contributed by atoms with Crippen LogP contribution in [0.5, 0.6) is 0 Å². The molecule has 1 aliphatic heterocycles. The third kappa shape index (κ3) is 7.28. The van der Waals surface area contributed by atoms with Crippen LogP contribution in [0.4, 0.5) is 23.7 Å². The van der Waals surface area contributed by atoms with E-state index in [-0.39, 0.29) is 30.3 Å². The molecular formula is C21H28ClF3N4O2. The van der Waals surface area contributed by atoms with Crippen molar-refractivity contribution < 1.29 is 22.8 Å². The molecule has 6 nitrogen and oxygen atoms in total. The maximum Gasteiger partial charge on any atom is 0.417 e. The van der Waals surface area contributed by atoms with Crippen LogP contribution in [0.15, 0.2) is 18.2 Å². The second-order valence-electron chi connectivity index (χ2n) is 8.24. The van der Waals surface area contributed by atoms with Crippen LogP contribution in [0.3, 0.4) is 0 Å². The summed E-state index contributed by atoms with van der Waals surface area (Å²) in [6, 6.07) is 3.47. The molecule has 3 rings (SSSR count). The highest BCUT2D eigenvalue weighted by Gasteiger charge is 2.33. The van der Waals surface area contributed by atoms with Crippen LogP contribution in [0.25, 0.3) is 0 Å². The quantitative estimate of drug-likeness (QED) is 0.610. The molecule has 172 valence electrons. The summed E-state index contributed by atoms with van der Waals surface area (Å²) in [5.41, 5.74) is -0.928. The normalized spacial score (nSPS) is 19.1. The zero-order valence-corrected chi connectivity index (χ0v) is 18.0. The average Bonchev–Trinajstić information content (AvgIpc) is 2.71. The number of likely N-dealkylation sites (tertiary alicyclic amines) is 1. The minimum Gasteiger partial charge on any atom is -0.335 e. The molecule has 0 bridgehead atoms. The van der Waals surface area contributed by atoms with Gasteiger partial charge in [-0.05, 0) is 43.9 Å². The van der Waals surface area contributed by atoms with Crippen LogP contribution in [-0.4, -0.2) is 48.6 Å². The van der Waals surface area contributed by atoms with Crippen LogP contribution < -0.4 is 16.0 Å². The minimum absolute atomic E-state index is 0.0495. The Hall–Kier alpha value is -2.00. The average molecular weight is 461 g/mol. The number of nitrogens with zero attached hydrogens (tertiary/aromatic N) is 1. The Morgan fingerprint density at radius 1 is 1.00 bits per heavy atom. The Morgan fingerprint density at radius 2 is 1.61 bits per heavy atom. The van der Waals surface area contributed by atoms with Crippen molar-refractivity contribution in [3.63, 3.8) is 0 Å². The lowest BCUT2D eigenvalue weighted by atomic mass is 9.96. The van der Waals surface area contributed by atoms with Gasteiger partial charge in [0.2, 0.25) is 5.91 Å². The summed E-state index contributed by atoms with van der Waals surface area (Å²) < 4.78 is 38.9. The van der Waals surface area contributed by atoms with Crippen molar-refractivity contribution in [2.75, 3.05) is 25.0 Å². The maximum atomic E-state index is 13.0. The molecule has 0 spiro atoms. The highest BCUT2D eigenvalue weighted by atomic mass is 35.5. The molecule has 31 heavy (non-hydrogen) atoms. The first-order valence-electron chi connectivity index (χ1n) is 10.7. The molecule has 1 saturated heterocycles. The molecule has 0 atom stereocenters. The van der Waals surface area contributed by atoms with Crippen LogP contribution >= 0.6 is 11.6 Å². The Morgan fingerprint density at radius 3 is 2.23 bits per heavy atom. The monoisotopic (exact) mass is 460 g/mol. The predicted octanol–water partition coefficient (Wildman–Crippen LogP) is 4.39. The topological polar surface area (TPSA) is 73.5 Å². The van der Waals surface area contributed by atoms with Crippen LogP contribution in [0.2, 0.25) is 5.02 Å². The first-order chi connectivity index (χ1) is 14.7. The maximum absolute atomic E-state index is 13.0. The highest BCUT2D eigenvalue weighted by molar-refractivity contribution is 6.31. The van der Waals surface area contributed by atoms with Gasteiger partial charge in [-0.1, -0.05) is 30.9 Å². The van der Waals surface area contributed by atoms with E-state index in [1.54, 1.807) is 0 Å². The fourth-order valence-corrected chi connectivity index (χ4v) is 4.34. The molecule has 0 aromatic heterocycles. The molecule has 1 saturated carbocycles. The molecule has 0 unspecified atom stereocenters. The summed E-state index contributed by atoms with van der Waals surface area (Å²) in [6.45, 7) is 1.32. The number of carbonyl (C=O) groups excluding carboxylic acids is 2. The first-order valence-corrected chi connectivity index (χ1v) is 11.0. The zero-order chi connectivity index (χ0) is 22.4. The van der Waals surface area contributed by atoms with E-state index in [0.717, 1.165) is 37.8 Å². The number of benzene rings is 1. The smallest absolute Gasteiger partial charge is 0.335 e. The number of halogens is 4. The van der Waals surface area contributed by atoms with Crippen molar-refractivity contribution in [3.05, 3.63) is 28.8 Å². The fourth-order valence-electron chi connectivity index (χ4n) is 4.12. The SMILES string of the molecule is O=C(CN1CCC(NC(=O)NC2CCCCC2)CC1)Nc1ccc(Cl)c(C(F)(F)F)c1. The number of urea groups is 1. The second kappa shape index (κ2) is 10.5. The Bertz CT molecular complexity index is 776. The third-order valence-electron chi connectivity index (χ3n) is 5.79. The van der Waals surface area contributed by atoms with Gasteiger partial charge in [0.25, 0.3) is 0 Å². The first kappa shape index (κ1) is 23.7. The zero-order valence-electron chi connectivity index (χ0n) is 17.2. The molecule has 0 radical (unpaired) electrons. The van der Waals surface area contributed by atoms with Crippen molar-refractivity contribution in [1.29, 1.82) is 0 Å².